The molecule has 8 nitrogen and oxygen atoms in total. The van der Waals surface area contributed by atoms with Crippen molar-refractivity contribution in [1.29, 1.82) is 5.41 Å². The molecule has 0 spiro atoms. The van der Waals surface area contributed by atoms with Crippen molar-refractivity contribution in [2.45, 2.75) is 88.5 Å². The highest BCUT2D eigenvalue weighted by Gasteiger charge is 2.36. The SMILES string of the molecule is CC(C)(C)c1nc2cc(S(=O)(=O)N/C=C(\C=N)C(=O)NCC3CCC3)ccc2n1CC1CCC(F)(F)CC1. The molecule has 1 amide bonds. The van der Waals surface area contributed by atoms with E-state index in [-0.39, 0.29) is 34.6 Å². The lowest BCUT2D eigenvalue weighted by Gasteiger charge is -2.30. The van der Waals surface area contributed by atoms with E-state index in [0.717, 1.165) is 43.0 Å². The lowest BCUT2D eigenvalue weighted by atomic mass is 9.85. The van der Waals surface area contributed by atoms with Crippen molar-refractivity contribution in [3.05, 3.63) is 35.8 Å². The van der Waals surface area contributed by atoms with Crippen LogP contribution in [0.1, 0.15) is 71.5 Å². The van der Waals surface area contributed by atoms with Gasteiger partial charge in [0.1, 0.15) is 5.82 Å². The largest absolute Gasteiger partial charge is 0.352 e. The number of rotatable bonds is 9. The van der Waals surface area contributed by atoms with E-state index in [0.29, 0.717) is 37.4 Å². The molecule has 2 aliphatic carbocycles. The number of benzene rings is 1. The monoisotopic (exact) mass is 549 g/mol. The Kier molecular flexibility index (Phi) is 7.97. The normalized spacial score (nSPS) is 19.2. The first-order valence-electron chi connectivity index (χ1n) is 13.2. The van der Waals surface area contributed by atoms with Crippen LogP contribution in [0.4, 0.5) is 8.78 Å². The molecular weight excluding hydrogens is 512 g/mol. The van der Waals surface area contributed by atoms with Gasteiger partial charge in [-0.05, 0) is 55.7 Å². The van der Waals surface area contributed by atoms with E-state index < -0.39 is 21.9 Å². The van der Waals surface area contributed by atoms with Crippen LogP contribution in [0.5, 0.6) is 0 Å². The number of nitrogens with one attached hydrogen (secondary N) is 3. The quantitative estimate of drug-likeness (QED) is 0.305. The van der Waals surface area contributed by atoms with Gasteiger partial charge in [-0.1, -0.05) is 27.2 Å². The maximum absolute atomic E-state index is 13.7. The molecule has 0 bridgehead atoms. The molecule has 3 N–H and O–H groups in total. The first kappa shape index (κ1) is 28.2. The number of nitrogens with zero attached hydrogens (tertiary/aromatic N) is 2. The zero-order chi connectivity index (χ0) is 27.7. The Hall–Kier alpha value is -2.82. The zero-order valence-corrected chi connectivity index (χ0v) is 23.0. The fourth-order valence-electron chi connectivity index (χ4n) is 4.99. The number of amides is 1. The molecule has 0 unspecified atom stereocenters. The summed E-state index contributed by atoms with van der Waals surface area (Å²) in [7, 11) is -4.04. The van der Waals surface area contributed by atoms with Gasteiger partial charge in [0.25, 0.3) is 15.9 Å². The summed E-state index contributed by atoms with van der Waals surface area (Å²) in [6, 6.07) is 4.64. The molecule has 1 aromatic heterocycles. The van der Waals surface area contributed by atoms with Gasteiger partial charge >= 0.3 is 0 Å². The lowest BCUT2D eigenvalue weighted by Crippen LogP contribution is -2.34. The van der Waals surface area contributed by atoms with Crippen LogP contribution < -0.4 is 10.0 Å². The third-order valence-corrected chi connectivity index (χ3v) is 8.84. The highest BCUT2D eigenvalue weighted by Crippen LogP contribution is 2.38. The van der Waals surface area contributed by atoms with E-state index in [2.05, 4.69) is 10.0 Å². The number of hydrogen-bond acceptors (Lipinski definition) is 5. The van der Waals surface area contributed by atoms with Gasteiger partial charge < -0.3 is 15.3 Å². The molecule has 0 aliphatic heterocycles. The van der Waals surface area contributed by atoms with Gasteiger partial charge in [-0.3, -0.25) is 9.52 Å². The predicted octanol–water partition coefficient (Wildman–Crippen LogP) is 4.89. The molecule has 208 valence electrons. The zero-order valence-electron chi connectivity index (χ0n) is 22.2. The van der Waals surface area contributed by atoms with E-state index >= 15 is 0 Å². The third kappa shape index (κ3) is 6.42. The van der Waals surface area contributed by atoms with Crippen molar-refractivity contribution >= 4 is 33.2 Å². The first-order chi connectivity index (χ1) is 17.8. The fourth-order valence-corrected chi connectivity index (χ4v) is 5.92. The smallest absolute Gasteiger partial charge is 0.261 e. The lowest BCUT2D eigenvalue weighted by molar-refractivity contribution is -0.117. The summed E-state index contributed by atoms with van der Waals surface area (Å²) in [5.74, 6) is -1.80. The van der Waals surface area contributed by atoms with Gasteiger partial charge in [0, 0.05) is 43.8 Å². The Balaban J connectivity index is 1.55. The number of carbonyl (C=O) groups excluding carboxylic acids is 1. The molecule has 1 aromatic carbocycles. The van der Waals surface area contributed by atoms with Crippen LogP contribution in [0.3, 0.4) is 0 Å². The summed E-state index contributed by atoms with van der Waals surface area (Å²) in [6.07, 6.45) is 5.74. The average Bonchev–Trinajstić information content (AvgIpc) is 3.18. The van der Waals surface area contributed by atoms with Gasteiger partial charge in [-0.25, -0.2) is 22.2 Å². The average molecular weight is 550 g/mol. The number of hydrogen-bond donors (Lipinski definition) is 3. The van der Waals surface area contributed by atoms with Crippen molar-refractivity contribution in [2.24, 2.45) is 11.8 Å². The van der Waals surface area contributed by atoms with Crippen molar-refractivity contribution in [1.82, 2.24) is 19.6 Å². The minimum atomic E-state index is -4.04. The number of fused-ring (bicyclic) bond motifs is 1. The maximum Gasteiger partial charge on any atom is 0.261 e. The number of carbonyl (C=O) groups is 1. The van der Waals surface area contributed by atoms with Crippen LogP contribution in [-0.4, -0.2) is 42.6 Å². The molecule has 2 aliphatic rings. The van der Waals surface area contributed by atoms with Crippen LogP contribution in [-0.2, 0) is 26.8 Å². The summed E-state index contributed by atoms with van der Waals surface area (Å²) < 4.78 is 57.8. The summed E-state index contributed by atoms with van der Waals surface area (Å²) in [5, 5.41) is 10.3. The molecule has 0 atom stereocenters. The summed E-state index contributed by atoms with van der Waals surface area (Å²) in [6.45, 7) is 7.09. The van der Waals surface area contributed by atoms with Crippen molar-refractivity contribution < 1.29 is 22.0 Å². The maximum atomic E-state index is 13.7. The van der Waals surface area contributed by atoms with Crippen molar-refractivity contribution in [2.75, 3.05) is 6.54 Å². The van der Waals surface area contributed by atoms with Gasteiger partial charge in [-0.2, -0.15) is 0 Å². The van der Waals surface area contributed by atoms with Gasteiger partial charge in [0.2, 0.25) is 5.92 Å². The number of alkyl halides is 2. The molecule has 1 heterocycles. The van der Waals surface area contributed by atoms with Gasteiger partial charge in [-0.15, -0.1) is 0 Å². The molecule has 4 rings (SSSR count). The third-order valence-electron chi connectivity index (χ3n) is 7.54. The van der Waals surface area contributed by atoms with E-state index in [1.165, 1.54) is 12.1 Å². The van der Waals surface area contributed by atoms with Crippen molar-refractivity contribution in [3.8, 4) is 0 Å². The van der Waals surface area contributed by atoms with Gasteiger partial charge in [0.15, 0.2) is 0 Å². The molecule has 2 fully saturated rings. The van der Waals surface area contributed by atoms with E-state index in [1.807, 2.05) is 25.3 Å². The van der Waals surface area contributed by atoms with Gasteiger partial charge in [0.05, 0.1) is 21.5 Å². The summed E-state index contributed by atoms with van der Waals surface area (Å²) in [4.78, 5) is 17.1. The molecule has 0 saturated heterocycles. The molecule has 38 heavy (non-hydrogen) atoms. The Morgan fingerprint density at radius 3 is 2.45 bits per heavy atom. The molecular formula is C27H37F2N5O3S. The fraction of sp³-hybridized carbons (Fsp3) is 0.593. The number of aromatic nitrogens is 2. The number of halogens is 2. The Morgan fingerprint density at radius 2 is 1.87 bits per heavy atom. The van der Waals surface area contributed by atoms with Crippen LogP contribution in [0.2, 0.25) is 0 Å². The Bertz CT molecular complexity index is 1330. The van der Waals surface area contributed by atoms with Crippen LogP contribution in [0, 0.1) is 17.2 Å². The second-order valence-corrected chi connectivity index (χ2v) is 13.3. The van der Waals surface area contributed by atoms with E-state index in [4.69, 9.17) is 10.4 Å². The van der Waals surface area contributed by atoms with Crippen LogP contribution >= 0.6 is 0 Å². The topological polar surface area (TPSA) is 117 Å². The highest BCUT2D eigenvalue weighted by atomic mass is 32.2. The van der Waals surface area contributed by atoms with Crippen molar-refractivity contribution in [3.63, 3.8) is 0 Å². The van der Waals surface area contributed by atoms with Crippen LogP contribution in [0.15, 0.2) is 34.9 Å². The minimum Gasteiger partial charge on any atom is -0.352 e. The highest BCUT2D eigenvalue weighted by molar-refractivity contribution is 7.89. The predicted molar refractivity (Wildman–Crippen MR) is 143 cm³/mol. The second-order valence-electron chi connectivity index (χ2n) is 11.6. The second kappa shape index (κ2) is 10.7. The first-order valence-corrected chi connectivity index (χ1v) is 14.7. The Morgan fingerprint density at radius 1 is 1.18 bits per heavy atom. The van der Waals surface area contributed by atoms with E-state index in [1.54, 1.807) is 6.07 Å². The molecule has 2 aromatic rings. The van der Waals surface area contributed by atoms with E-state index in [9.17, 15) is 22.0 Å². The molecule has 0 radical (unpaired) electrons. The standard InChI is InChI=1S/C27H37F2N5O3S/c1-26(2,3)25-33-22-13-21(7-8-23(22)34(25)17-19-9-11-27(28,29)12-10-19)38(36,37)32-16-20(14-30)24(35)31-15-18-5-4-6-18/h7-8,13-14,16,18-19,30,32H,4-6,9-12,15,17H2,1-3H3,(H,31,35)/b20-16+,30-14?. The minimum absolute atomic E-state index is 0.0251. The number of sulfonamides is 1. The summed E-state index contributed by atoms with van der Waals surface area (Å²) in [5.41, 5.74) is 0.806. The Labute approximate surface area is 222 Å². The molecule has 11 heteroatoms. The van der Waals surface area contributed by atoms with Crippen LogP contribution in [0.25, 0.3) is 11.0 Å². The summed E-state index contributed by atoms with van der Waals surface area (Å²) >= 11 is 0. The molecule has 2 saturated carbocycles. The number of imidazole rings is 1.